The topological polar surface area (TPSA) is 140 Å². The highest BCUT2D eigenvalue weighted by molar-refractivity contribution is 7.89. The Morgan fingerprint density at radius 2 is 1.67 bits per heavy atom. The normalized spacial score (nSPS) is 15.4. The minimum Gasteiger partial charge on any atom is -0.438 e. The van der Waals surface area contributed by atoms with Crippen LogP contribution in [-0.2, 0) is 14.8 Å². The van der Waals surface area contributed by atoms with Crippen LogP contribution < -0.4 is 11.5 Å². The summed E-state index contributed by atoms with van der Waals surface area (Å²) in [5.41, 5.74) is 10.5. The fraction of sp³-hybridized carbons (Fsp3) is 0.625. The van der Waals surface area contributed by atoms with Gasteiger partial charge in [0.05, 0.1) is 0 Å². The van der Waals surface area contributed by atoms with Gasteiger partial charge in [-0.1, -0.05) is 12.8 Å². The van der Waals surface area contributed by atoms with Gasteiger partial charge in [-0.25, -0.2) is 8.42 Å². The van der Waals surface area contributed by atoms with Gasteiger partial charge in [0.25, 0.3) is 15.9 Å². The number of amides is 2. The molecule has 1 saturated heterocycles. The lowest BCUT2D eigenvalue weighted by molar-refractivity contribution is -0.132. The SMILES string of the molecule is Cl.NCCCCCCC(=O)N1CCN(S(=O)(=O)c2ccc(C(N)=O)o2)CC1. The summed E-state index contributed by atoms with van der Waals surface area (Å²) in [6.45, 7) is 1.72. The van der Waals surface area contributed by atoms with Crippen molar-refractivity contribution in [3.8, 4) is 0 Å². The van der Waals surface area contributed by atoms with Crippen molar-refractivity contribution in [2.24, 2.45) is 11.5 Å². The fourth-order valence-corrected chi connectivity index (χ4v) is 4.16. The van der Waals surface area contributed by atoms with E-state index in [1.165, 1.54) is 16.4 Å². The van der Waals surface area contributed by atoms with E-state index in [1.807, 2.05) is 0 Å². The standard InChI is InChI=1S/C16H26N4O5S.ClH/c17-8-4-2-1-3-5-14(21)19-9-11-20(12-10-19)26(23,24)15-7-6-13(25-15)16(18)22;/h6-7H,1-5,8-12,17H2,(H2,18,22);1H. The van der Waals surface area contributed by atoms with Crippen LogP contribution in [-0.4, -0.2) is 62.2 Å². The van der Waals surface area contributed by atoms with Gasteiger partial charge in [-0.2, -0.15) is 4.31 Å². The maximum absolute atomic E-state index is 12.5. The first-order valence-electron chi connectivity index (χ1n) is 8.74. The molecule has 2 rings (SSSR count). The van der Waals surface area contributed by atoms with E-state index < -0.39 is 15.9 Å². The van der Waals surface area contributed by atoms with Crippen molar-refractivity contribution in [2.45, 2.75) is 37.2 Å². The van der Waals surface area contributed by atoms with Gasteiger partial charge >= 0.3 is 0 Å². The highest BCUT2D eigenvalue weighted by Crippen LogP contribution is 2.20. The van der Waals surface area contributed by atoms with Crippen molar-refractivity contribution < 1.29 is 22.4 Å². The number of unbranched alkanes of at least 4 members (excludes halogenated alkanes) is 3. The number of sulfonamides is 1. The molecule has 2 heterocycles. The molecule has 0 atom stereocenters. The third kappa shape index (κ3) is 6.20. The molecule has 27 heavy (non-hydrogen) atoms. The molecule has 0 aliphatic carbocycles. The summed E-state index contributed by atoms with van der Waals surface area (Å²) in [5.74, 6) is -0.982. The molecule has 0 radical (unpaired) electrons. The Kier molecular flexibility index (Phi) is 9.23. The highest BCUT2D eigenvalue weighted by atomic mass is 35.5. The minimum atomic E-state index is -3.84. The van der Waals surface area contributed by atoms with Crippen LogP contribution in [0.3, 0.4) is 0 Å². The maximum atomic E-state index is 12.5. The molecular formula is C16H27ClN4O5S. The molecule has 1 fully saturated rings. The van der Waals surface area contributed by atoms with Crippen molar-refractivity contribution in [3.05, 3.63) is 17.9 Å². The molecule has 1 aliphatic rings. The van der Waals surface area contributed by atoms with E-state index in [-0.39, 0.29) is 42.3 Å². The van der Waals surface area contributed by atoms with Crippen molar-refractivity contribution >= 4 is 34.2 Å². The first-order chi connectivity index (χ1) is 12.4. The van der Waals surface area contributed by atoms with Gasteiger partial charge in [0.1, 0.15) is 0 Å². The zero-order valence-corrected chi connectivity index (χ0v) is 16.8. The molecule has 0 saturated carbocycles. The maximum Gasteiger partial charge on any atom is 0.284 e. The van der Waals surface area contributed by atoms with Crippen LogP contribution in [0.25, 0.3) is 0 Å². The molecule has 1 aliphatic heterocycles. The van der Waals surface area contributed by atoms with E-state index in [4.69, 9.17) is 15.9 Å². The number of hydrogen-bond donors (Lipinski definition) is 2. The van der Waals surface area contributed by atoms with Crippen LogP contribution in [0, 0.1) is 0 Å². The van der Waals surface area contributed by atoms with Gasteiger partial charge in [0.2, 0.25) is 11.0 Å². The number of nitrogens with zero attached hydrogens (tertiary/aromatic N) is 2. The number of primary amides is 1. The highest BCUT2D eigenvalue weighted by Gasteiger charge is 2.32. The Morgan fingerprint density at radius 3 is 2.22 bits per heavy atom. The number of carbonyl (C=O) groups is 2. The van der Waals surface area contributed by atoms with E-state index in [1.54, 1.807) is 4.90 Å². The predicted molar refractivity (Wildman–Crippen MR) is 102 cm³/mol. The van der Waals surface area contributed by atoms with E-state index in [9.17, 15) is 18.0 Å². The lowest BCUT2D eigenvalue weighted by Gasteiger charge is -2.33. The molecule has 1 aromatic heterocycles. The lowest BCUT2D eigenvalue weighted by Crippen LogP contribution is -2.50. The Morgan fingerprint density at radius 1 is 1.04 bits per heavy atom. The smallest absolute Gasteiger partial charge is 0.284 e. The summed E-state index contributed by atoms with van der Waals surface area (Å²) in [6.07, 6.45) is 4.25. The second-order valence-corrected chi connectivity index (χ2v) is 8.09. The quantitative estimate of drug-likeness (QED) is 0.556. The first kappa shape index (κ1) is 23.4. The Hall–Kier alpha value is -1.62. The van der Waals surface area contributed by atoms with Crippen LogP contribution in [0.5, 0.6) is 0 Å². The lowest BCUT2D eigenvalue weighted by atomic mass is 10.1. The van der Waals surface area contributed by atoms with Crippen molar-refractivity contribution in [3.63, 3.8) is 0 Å². The van der Waals surface area contributed by atoms with Crippen molar-refractivity contribution in [2.75, 3.05) is 32.7 Å². The van der Waals surface area contributed by atoms with Gasteiger partial charge in [0, 0.05) is 32.6 Å². The number of nitrogens with two attached hydrogens (primary N) is 2. The third-order valence-electron chi connectivity index (χ3n) is 4.35. The van der Waals surface area contributed by atoms with Gasteiger partial charge in [-0.3, -0.25) is 9.59 Å². The predicted octanol–water partition coefficient (Wildman–Crippen LogP) is 0.542. The van der Waals surface area contributed by atoms with Gasteiger partial charge in [-0.15, -0.1) is 12.4 Å². The third-order valence-corrected chi connectivity index (χ3v) is 6.13. The van der Waals surface area contributed by atoms with E-state index >= 15 is 0 Å². The first-order valence-corrected chi connectivity index (χ1v) is 10.2. The molecule has 0 unspecified atom stereocenters. The summed E-state index contributed by atoms with van der Waals surface area (Å²) in [4.78, 5) is 24.9. The van der Waals surface area contributed by atoms with E-state index in [0.29, 0.717) is 26.1 Å². The van der Waals surface area contributed by atoms with Crippen molar-refractivity contribution in [1.82, 2.24) is 9.21 Å². The molecule has 1 aromatic rings. The van der Waals surface area contributed by atoms with Crippen LogP contribution in [0.2, 0.25) is 0 Å². The van der Waals surface area contributed by atoms with Crippen molar-refractivity contribution in [1.29, 1.82) is 0 Å². The van der Waals surface area contributed by atoms with Crippen LogP contribution >= 0.6 is 12.4 Å². The monoisotopic (exact) mass is 422 g/mol. The largest absolute Gasteiger partial charge is 0.438 e. The number of piperazine rings is 1. The summed E-state index contributed by atoms with van der Waals surface area (Å²) in [7, 11) is -3.84. The van der Waals surface area contributed by atoms with Crippen LogP contribution in [0.15, 0.2) is 21.6 Å². The van der Waals surface area contributed by atoms with E-state index in [0.717, 1.165) is 25.7 Å². The molecule has 11 heteroatoms. The van der Waals surface area contributed by atoms with Crippen LogP contribution in [0.4, 0.5) is 0 Å². The number of hydrogen-bond acceptors (Lipinski definition) is 6. The molecule has 154 valence electrons. The van der Waals surface area contributed by atoms with Gasteiger partial charge in [0.15, 0.2) is 5.76 Å². The summed E-state index contributed by atoms with van der Waals surface area (Å²) >= 11 is 0. The number of halogens is 1. The summed E-state index contributed by atoms with van der Waals surface area (Å²) < 4.78 is 31.4. The molecule has 0 aromatic carbocycles. The van der Waals surface area contributed by atoms with E-state index in [2.05, 4.69) is 0 Å². The molecule has 0 spiro atoms. The second-order valence-electron chi connectivity index (χ2n) is 6.22. The average molecular weight is 423 g/mol. The Labute approximate surface area is 165 Å². The number of furan rings is 1. The molecule has 2 amide bonds. The second kappa shape index (κ2) is 10.6. The van der Waals surface area contributed by atoms with Gasteiger partial charge < -0.3 is 20.8 Å². The Bertz CT molecular complexity index is 729. The van der Waals surface area contributed by atoms with Gasteiger partial charge in [-0.05, 0) is 31.5 Å². The molecule has 4 N–H and O–H groups in total. The fourth-order valence-electron chi connectivity index (χ4n) is 2.83. The molecule has 9 nitrogen and oxygen atoms in total. The Balaban J connectivity index is 0.00000364. The zero-order valence-electron chi connectivity index (χ0n) is 15.1. The van der Waals surface area contributed by atoms with Crippen LogP contribution in [0.1, 0.15) is 42.7 Å². The molecule has 0 bridgehead atoms. The average Bonchev–Trinajstić information content (AvgIpc) is 3.13. The summed E-state index contributed by atoms with van der Waals surface area (Å²) in [6, 6.07) is 2.45. The summed E-state index contributed by atoms with van der Waals surface area (Å²) in [5, 5.41) is -0.314. The molecular weight excluding hydrogens is 396 g/mol. The zero-order chi connectivity index (χ0) is 19.2. The minimum absolute atomic E-state index is 0. The number of carbonyl (C=O) groups excluding carboxylic acids is 2. The number of rotatable bonds is 9.